The Balaban J connectivity index is 1.31. The van der Waals surface area contributed by atoms with Crippen LogP contribution in [0.3, 0.4) is 0 Å². The number of sulfonamides is 1. The summed E-state index contributed by atoms with van der Waals surface area (Å²) in [5.41, 5.74) is 1.49. The maximum Gasteiger partial charge on any atom is 0.407 e. The number of nitrogens with one attached hydrogen (secondary N) is 2. The molecule has 3 aromatic rings. The number of amides is 1. The van der Waals surface area contributed by atoms with Gasteiger partial charge < -0.3 is 39.1 Å². The van der Waals surface area contributed by atoms with Crippen LogP contribution >= 0.6 is 0 Å². The highest BCUT2D eigenvalue weighted by Gasteiger charge is 2.51. The van der Waals surface area contributed by atoms with Crippen LogP contribution < -0.4 is 10.6 Å². The maximum atomic E-state index is 13.9. The fourth-order valence-electron chi connectivity index (χ4n) is 5.87. The molecule has 17 heteroatoms. The molecule has 2 aromatic carbocycles. The fourth-order valence-corrected chi connectivity index (χ4v) is 7.51. The average molecular weight is 715 g/mol. The average Bonchev–Trinajstić information content (AvgIpc) is 3.76. The van der Waals surface area contributed by atoms with Crippen LogP contribution in [-0.4, -0.2) is 106 Å². The summed E-state index contributed by atoms with van der Waals surface area (Å²) < 4.78 is 94.8. The van der Waals surface area contributed by atoms with Gasteiger partial charge in [0.15, 0.2) is 11.9 Å². The summed E-state index contributed by atoms with van der Waals surface area (Å²) in [6.07, 6.45) is -10.2. The molecule has 2 aliphatic heterocycles. The smallest absolute Gasteiger partial charge is 0.407 e. The highest BCUT2D eigenvalue weighted by Crippen LogP contribution is 2.36. The van der Waals surface area contributed by atoms with Gasteiger partial charge in [-0.15, -0.1) is 0 Å². The molecule has 0 radical (unpaired) electrons. The highest BCUT2D eigenvalue weighted by atomic mass is 32.2. The Kier molecular flexibility index (Phi) is 11.7. The number of aliphatic hydroxyl groups is 1. The summed E-state index contributed by atoms with van der Waals surface area (Å²) in [6.45, 7) is 2.71. The second-order valence-electron chi connectivity index (χ2n) is 12.5. The van der Waals surface area contributed by atoms with Crippen molar-refractivity contribution >= 4 is 33.2 Å². The van der Waals surface area contributed by atoms with Crippen LogP contribution in [0, 0.1) is 11.8 Å². The van der Waals surface area contributed by atoms with Crippen LogP contribution in [0.25, 0.3) is 11.1 Å². The first-order valence-electron chi connectivity index (χ1n) is 15.9. The number of carbonyl (C=O) groups excluding carboxylic acids is 1. The van der Waals surface area contributed by atoms with E-state index in [1.807, 2.05) is 19.9 Å². The molecule has 3 heterocycles. The first kappa shape index (κ1) is 36.8. The molecule has 0 unspecified atom stereocenters. The maximum absolute atomic E-state index is 13.9. The molecule has 2 fully saturated rings. The van der Waals surface area contributed by atoms with Crippen molar-refractivity contribution in [2.45, 2.75) is 68.4 Å². The van der Waals surface area contributed by atoms with Gasteiger partial charge in [-0.1, -0.05) is 44.2 Å². The van der Waals surface area contributed by atoms with Gasteiger partial charge in [0.2, 0.25) is 10.0 Å². The van der Waals surface area contributed by atoms with E-state index in [9.17, 15) is 31.5 Å². The number of ether oxygens (including phenoxy) is 4. The van der Waals surface area contributed by atoms with E-state index in [0.717, 1.165) is 9.87 Å². The predicted octanol–water partition coefficient (Wildman–Crippen LogP) is 3.92. The first-order chi connectivity index (χ1) is 23.2. The lowest BCUT2D eigenvalue weighted by Gasteiger charge is -2.31. The van der Waals surface area contributed by atoms with Crippen LogP contribution in [0.4, 0.5) is 24.0 Å². The molecule has 1 amide bonds. The number of hydrogen-bond acceptors (Lipinski definition) is 11. The number of rotatable bonds is 15. The highest BCUT2D eigenvalue weighted by molar-refractivity contribution is 7.89. The standard InChI is InChI=1S/C32H41F3N4O9S/c1-19(2)15-39(49(42,43)21-9-10-22-25(14-21)47-30(36-3)37-22)16-24(40)23(13-20-7-5-4-6-8-20)38-31(41)48-27-18-46-29-28(27)26(17-45-29)44-12-11-32(33,34)35/h4-10,14,19,23-24,26-29,40H,11-13,15-18H2,1-3H3,(H,36,37)(H,38,41)/t23-,24+,26-,27-,28-,29+/m0/s1. The molecule has 5 rings (SSSR count). The molecular formula is C32H41F3N4O9S. The molecule has 1 aromatic heterocycles. The number of aliphatic hydroxyl groups excluding tert-OH is 1. The number of anilines is 1. The van der Waals surface area contributed by atoms with Crippen molar-refractivity contribution in [3.05, 3.63) is 54.1 Å². The molecule has 0 aliphatic carbocycles. The number of alkyl carbamates (subject to hydrolysis) is 1. The van der Waals surface area contributed by atoms with E-state index in [4.69, 9.17) is 23.4 Å². The second-order valence-corrected chi connectivity index (χ2v) is 14.4. The molecule has 3 N–H and O–H groups in total. The van der Waals surface area contributed by atoms with E-state index >= 15 is 0 Å². The molecule has 270 valence electrons. The zero-order chi connectivity index (χ0) is 35.3. The van der Waals surface area contributed by atoms with Gasteiger partial charge in [0.1, 0.15) is 11.6 Å². The fraction of sp³-hybridized carbons (Fsp3) is 0.562. The predicted molar refractivity (Wildman–Crippen MR) is 170 cm³/mol. The zero-order valence-electron chi connectivity index (χ0n) is 27.3. The number of hydrogen-bond donors (Lipinski definition) is 3. The van der Waals surface area contributed by atoms with Crippen molar-refractivity contribution < 1.29 is 54.9 Å². The Bertz CT molecular complexity index is 1660. The summed E-state index contributed by atoms with van der Waals surface area (Å²) >= 11 is 0. The Morgan fingerprint density at radius 3 is 2.49 bits per heavy atom. The number of fused-ring (bicyclic) bond motifs is 2. The van der Waals surface area contributed by atoms with Crippen LogP contribution in [0.2, 0.25) is 0 Å². The summed E-state index contributed by atoms with van der Waals surface area (Å²) in [5, 5.41) is 17.0. The van der Waals surface area contributed by atoms with E-state index in [0.29, 0.717) is 5.52 Å². The van der Waals surface area contributed by atoms with Crippen molar-refractivity contribution in [3.63, 3.8) is 0 Å². The van der Waals surface area contributed by atoms with Crippen molar-refractivity contribution in [2.24, 2.45) is 11.8 Å². The second kappa shape index (κ2) is 15.6. The van der Waals surface area contributed by atoms with Gasteiger partial charge in [-0.2, -0.15) is 22.5 Å². The minimum absolute atomic E-state index is 0.0236. The number of halogens is 3. The first-order valence-corrected chi connectivity index (χ1v) is 17.4. The van der Waals surface area contributed by atoms with Gasteiger partial charge in [-0.3, -0.25) is 0 Å². The van der Waals surface area contributed by atoms with Crippen LogP contribution in [0.5, 0.6) is 0 Å². The lowest BCUT2D eigenvalue weighted by Crippen LogP contribution is -2.52. The minimum atomic E-state index is -4.39. The van der Waals surface area contributed by atoms with Crippen LogP contribution in [0.15, 0.2) is 57.8 Å². The van der Waals surface area contributed by atoms with E-state index < -0.39 is 71.9 Å². The van der Waals surface area contributed by atoms with Crippen LogP contribution in [0.1, 0.15) is 25.8 Å². The molecule has 13 nitrogen and oxygen atoms in total. The number of benzene rings is 2. The van der Waals surface area contributed by atoms with Crippen molar-refractivity contribution in [1.82, 2.24) is 14.6 Å². The van der Waals surface area contributed by atoms with Crippen molar-refractivity contribution in [1.29, 1.82) is 0 Å². The summed E-state index contributed by atoms with van der Waals surface area (Å²) in [6, 6.07) is 12.5. The number of alkyl halides is 3. The number of aromatic nitrogens is 1. The Morgan fingerprint density at radius 2 is 1.82 bits per heavy atom. The molecule has 0 saturated carbocycles. The van der Waals surface area contributed by atoms with Gasteiger partial charge in [0.05, 0.1) is 55.3 Å². The lowest BCUT2D eigenvalue weighted by atomic mass is 10.00. The van der Waals surface area contributed by atoms with E-state index in [1.165, 1.54) is 18.2 Å². The number of carbonyl (C=O) groups is 1. The third kappa shape index (κ3) is 9.40. The topological polar surface area (TPSA) is 162 Å². The third-order valence-electron chi connectivity index (χ3n) is 8.24. The van der Waals surface area contributed by atoms with Crippen LogP contribution in [-0.2, 0) is 35.4 Å². The summed E-state index contributed by atoms with van der Waals surface area (Å²) in [5.74, 6) is -0.776. The monoisotopic (exact) mass is 714 g/mol. The Morgan fingerprint density at radius 1 is 1.10 bits per heavy atom. The van der Waals surface area contributed by atoms with Gasteiger partial charge in [-0.25, -0.2) is 13.2 Å². The summed E-state index contributed by atoms with van der Waals surface area (Å²) in [7, 11) is -2.54. The van der Waals surface area contributed by atoms with Gasteiger partial charge in [-0.05, 0) is 30.0 Å². The molecular weight excluding hydrogens is 673 g/mol. The van der Waals surface area contributed by atoms with E-state index in [2.05, 4.69) is 15.6 Å². The molecule has 0 spiro atoms. The quantitative estimate of drug-likeness (QED) is 0.209. The van der Waals surface area contributed by atoms with E-state index in [-0.39, 0.29) is 55.1 Å². The van der Waals surface area contributed by atoms with Crippen molar-refractivity contribution in [3.8, 4) is 0 Å². The Labute approximate surface area is 282 Å². The largest absolute Gasteiger partial charge is 0.443 e. The summed E-state index contributed by atoms with van der Waals surface area (Å²) in [4.78, 5) is 17.5. The molecule has 6 atom stereocenters. The Hall–Kier alpha value is -3.48. The zero-order valence-corrected chi connectivity index (χ0v) is 28.1. The minimum Gasteiger partial charge on any atom is -0.443 e. The molecule has 2 aliphatic rings. The van der Waals surface area contributed by atoms with Gasteiger partial charge in [0, 0.05) is 26.2 Å². The molecule has 0 bridgehead atoms. The van der Waals surface area contributed by atoms with E-state index in [1.54, 1.807) is 31.3 Å². The van der Waals surface area contributed by atoms with Crippen molar-refractivity contribution in [2.75, 3.05) is 45.3 Å². The SMILES string of the molecule is CNc1nc2ccc(S(=O)(=O)N(CC(C)C)C[C@@H](O)[C@H](Cc3ccccc3)NC(=O)O[C@H]3CO[C@H]4OC[C@H](OCCC(F)(F)F)[C@H]43)cc2o1. The third-order valence-corrected chi connectivity index (χ3v) is 10.1. The lowest BCUT2D eigenvalue weighted by molar-refractivity contribution is -0.151. The normalized spacial score (nSPS) is 22.4. The number of oxazole rings is 1. The molecule has 2 saturated heterocycles. The number of nitrogens with zero attached hydrogens (tertiary/aromatic N) is 2. The van der Waals surface area contributed by atoms with Gasteiger partial charge in [0.25, 0.3) is 6.01 Å². The molecule has 49 heavy (non-hydrogen) atoms. The van der Waals surface area contributed by atoms with Gasteiger partial charge >= 0.3 is 12.3 Å².